The first-order valence-electron chi connectivity index (χ1n) is 4.99. The van der Waals surface area contributed by atoms with Crippen molar-refractivity contribution in [2.75, 3.05) is 5.32 Å². The minimum atomic E-state index is -4.67. The maximum atomic E-state index is 12.4. The first kappa shape index (κ1) is 13.1. The van der Waals surface area contributed by atoms with Crippen molar-refractivity contribution in [1.29, 1.82) is 0 Å². The molecule has 0 aliphatic carbocycles. The van der Waals surface area contributed by atoms with Crippen molar-refractivity contribution in [2.24, 2.45) is 7.05 Å². The Labute approximate surface area is 104 Å². The Bertz CT molecular complexity index is 616. The molecule has 102 valence electrons. The van der Waals surface area contributed by atoms with E-state index in [1.54, 1.807) is 0 Å². The number of aromatic nitrogens is 4. The monoisotopic (exact) mass is 275 g/mol. The SMILES string of the molecule is Cc1nocc1C(=O)Nc1nc(C(F)(F)F)nn1C. The molecule has 0 aliphatic rings. The van der Waals surface area contributed by atoms with Gasteiger partial charge in [-0.05, 0) is 6.92 Å². The number of rotatable bonds is 2. The molecule has 7 nitrogen and oxygen atoms in total. The number of halogens is 3. The van der Waals surface area contributed by atoms with Crippen LogP contribution in [0.4, 0.5) is 19.1 Å². The van der Waals surface area contributed by atoms with Crippen LogP contribution in [0.15, 0.2) is 10.8 Å². The van der Waals surface area contributed by atoms with Crippen LogP contribution < -0.4 is 5.32 Å². The Morgan fingerprint density at radius 2 is 2.16 bits per heavy atom. The third-order valence-electron chi connectivity index (χ3n) is 2.24. The fourth-order valence-corrected chi connectivity index (χ4v) is 1.29. The highest BCUT2D eigenvalue weighted by Crippen LogP contribution is 2.27. The molecule has 2 heterocycles. The fraction of sp³-hybridized carbons (Fsp3) is 0.333. The minimum absolute atomic E-state index is 0.108. The molecular weight excluding hydrogens is 267 g/mol. The summed E-state index contributed by atoms with van der Waals surface area (Å²) in [6, 6.07) is 0. The zero-order valence-corrected chi connectivity index (χ0v) is 9.82. The van der Waals surface area contributed by atoms with Gasteiger partial charge in [0.2, 0.25) is 5.95 Å². The Morgan fingerprint density at radius 1 is 1.47 bits per heavy atom. The van der Waals surface area contributed by atoms with Gasteiger partial charge in [0, 0.05) is 7.05 Å². The van der Waals surface area contributed by atoms with Crippen molar-refractivity contribution >= 4 is 11.9 Å². The summed E-state index contributed by atoms with van der Waals surface area (Å²) in [6.45, 7) is 1.52. The van der Waals surface area contributed by atoms with Crippen LogP contribution in [0.5, 0.6) is 0 Å². The number of nitrogens with zero attached hydrogens (tertiary/aromatic N) is 4. The van der Waals surface area contributed by atoms with E-state index in [9.17, 15) is 18.0 Å². The van der Waals surface area contributed by atoms with Gasteiger partial charge >= 0.3 is 6.18 Å². The van der Waals surface area contributed by atoms with E-state index in [2.05, 4.69) is 25.1 Å². The standard InChI is InChI=1S/C9H8F3N5O2/c1-4-5(3-19-16-4)6(18)13-8-14-7(9(10,11)12)15-17(8)2/h3H,1-2H3,(H,13,14,15,18). The summed E-state index contributed by atoms with van der Waals surface area (Å²) in [6.07, 6.45) is -3.58. The van der Waals surface area contributed by atoms with E-state index >= 15 is 0 Å². The molecule has 0 bridgehead atoms. The van der Waals surface area contributed by atoms with Crippen molar-refractivity contribution in [1.82, 2.24) is 19.9 Å². The zero-order valence-electron chi connectivity index (χ0n) is 9.82. The third-order valence-corrected chi connectivity index (χ3v) is 2.24. The lowest BCUT2D eigenvalue weighted by Gasteiger charge is -2.01. The Hall–Kier alpha value is -2.39. The number of aryl methyl sites for hydroxylation is 2. The van der Waals surface area contributed by atoms with Crippen molar-refractivity contribution < 1.29 is 22.5 Å². The van der Waals surface area contributed by atoms with Crippen LogP contribution >= 0.6 is 0 Å². The van der Waals surface area contributed by atoms with E-state index in [-0.39, 0.29) is 11.5 Å². The van der Waals surface area contributed by atoms with Crippen LogP contribution in [0.2, 0.25) is 0 Å². The lowest BCUT2D eigenvalue weighted by molar-refractivity contribution is -0.144. The summed E-state index contributed by atoms with van der Waals surface area (Å²) in [5, 5.41) is 8.85. The first-order valence-corrected chi connectivity index (χ1v) is 4.99. The molecule has 0 fully saturated rings. The highest BCUT2D eigenvalue weighted by atomic mass is 19.4. The van der Waals surface area contributed by atoms with Crippen LogP contribution in [0.25, 0.3) is 0 Å². The summed E-state index contributed by atoms with van der Waals surface area (Å²) >= 11 is 0. The Balaban J connectivity index is 2.23. The summed E-state index contributed by atoms with van der Waals surface area (Å²) in [5.74, 6) is -2.33. The van der Waals surface area contributed by atoms with Crippen molar-refractivity contribution in [3.8, 4) is 0 Å². The second-order valence-corrected chi connectivity index (χ2v) is 3.65. The zero-order chi connectivity index (χ0) is 14.2. The van der Waals surface area contributed by atoms with Crippen LogP contribution in [0.1, 0.15) is 21.9 Å². The molecule has 2 rings (SSSR count). The van der Waals surface area contributed by atoms with Crippen LogP contribution in [-0.2, 0) is 13.2 Å². The molecule has 1 N–H and O–H groups in total. The van der Waals surface area contributed by atoms with Crippen LogP contribution in [-0.4, -0.2) is 25.8 Å². The second kappa shape index (κ2) is 4.37. The summed E-state index contributed by atoms with van der Waals surface area (Å²) in [5.41, 5.74) is 0.423. The van der Waals surface area contributed by atoms with Gasteiger partial charge in [-0.2, -0.15) is 18.2 Å². The normalized spacial score (nSPS) is 11.6. The van der Waals surface area contributed by atoms with Gasteiger partial charge in [-0.25, -0.2) is 4.68 Å². The minimum Gasteiger partial charge on any atom is -0.364 e. The van der Waals surface area contributed by atoms with Gasteiger partial charge in [0.1, 0.15) is 11.8 Å². The number of alkyl halides is 3. The number of hydrogen-bond acceptors (Lipinski definition) is 5. The number of hydrogen-bond donors (Lipinski definition) is 1. The average molecular weight is 275 g/mol. The molecule has 0 radical (unpaired) electrons. The lowest BCUT2D eigenvalue weighted by atomic mass is 10.2. The fourth-order valence-electron chi connectivity index (χ4n) is 1.29. The number of amides is 1. The van der Waals surface area contributed by atoms with E-state index in [1.165, 1.54) is 14.0 Å². The molecule has 0 aliphatic heterocycles. The Kier molecular flexibility index (Phi) is 3.00. The first-order chi connectivity index (χ1) is 8.79. The molecular formula is C9H8F3N5O2. The predicted octanol–water partition coefficient (Wildman–Crippen LogP) is 1.38. The van der Waals surface area contributed by atoms with Crippen molar-refractivity contribution in [3.05, 3.63) is 23.3 Å². The number of anilines is 1. The number of carbonyl (C=O) groups is 1. The maximum Gasteiger partial charge on any atom is 0.453 e. The Morgan fingerprint density at radius 3 is 2.63 bits per heavy atom. The molecule has 2 aromatic heterocycles. The molecule has 0 spiro atoms. The predicted molar refractivity (Wildman–Crippen MR) is 55.2 cm³/mol. The van der Waals surface area contributed by atoms with Gasteiger partial charge in [0.25, 0.3) is 11.7 Å². The number of nitrogens with one attached hydrogen (secondary N) is 1. The molecule has 0 unspecified atom stereocenters. The topological polar surface area (TPSA) is 85.8 Å². The van der Waals surface area contributed by atoms with Crippen molar-refractivity contribution in [2.45, 2.75) is 13.1 Å². The van der Waals surface area contributed by atoms with Gasteiger partial charge in [-0.1, -0.05) is 5.16 Å². The van der Waals surface area contributed by atoms with Gasteiger partial charge in [-0.3, -0.25) is 10.1 Å². The van der Waals surface area contributed by atoms with E-state index in [1.807, 2.05) is 0 Å². The molecule has 19 heavy (non-hydrogen) atoms. The molecule has 0 aromatic carbocycles. The van der Waals surface area contributed by atoms with Gasteiger partial charge in [-0.15, -0.1) is 5.10 Å². The largest absolute Gasteiger partial charge is 0.453 e. The average Bonchev–Trinajstić information content (AvgIpc) is 2.85. The summed E-state index contributed by atoms with van der Waals surface area (Å²) in [4.78, 5) is 14.9. The molecule has 0 atom stereocenters. The van der Waals surface area contributed by atoms with E-state index < -0.39 is 17.9 Å². The maximum absolute atomic E-state index is 12.4. The van der Waals surface area contributed by atoms with E-state index in [0.717, 1.165) is 10.9 Å². The van der Waals surface area contributed by atoms with Crippen molar-refractivity contribution in [3.63, 3.8) is 0 Å². The van der Waals surface area contributed by atoms with Gasteiger partial charge in [0.05, 0.1) is 5.69 Å². The highest BCUT2D eigenvalue weighted by molar-refractivity contribution is 6.03. The lowest BCUT2D eigenvalue weighted by Crippen LogP contribution is -2.15. The van der Waals surface area contributed by atoms with Gasteiger partial charge in [0.15, 0.2) is 0 Å². The van der Waals surface area contributed by atoms with Gasteiger partial charge < -0.3 is 4.52 Å². The molecule has 2 aromatic rings. The summed E-state index contributed by atoms with van der Waals surface area (Å²) in [7, 11) is 1.23. The third kappa shape index (κ3) is 2.56. The van der Waals surface area contributed by atoms with Crippen LogP contribution in [0, 0.1) is 6.92 Å². The molecule has 0 saturated heterocycles. The van der Waals surface area contributed by atoms with E-state index in [0.29, 0.717) is 5.69 Å². The smallest absolute Gasteiger partial charge is 0.364 e. The highest BCUT2D eigenvalue weighted by Gasteiger charge is 2.37. The summed E-state index contributed by atoms with van der Waals surface area (Å²) < 4.78 is 42.5. The molecule has 0 saturated carbocycles. The van der Waals surface area contributed by atoms with E-state index in [4.69, 9.17) is 0 Å². The quantitative estimate of drug-likeness (QED) is 0.894. The molecule has 10 heteroatoms. The van der Waals surface area contributed by atoms with Crippen LogP contribution in [0.3, 0.4) is 0 Å². The molecule has 1 amide bonds. The second-order valence-electron chi connectivity index (χ2n) is 3.65. The number of carbonyl (C=O) groups excluding carboxylic acids is 1.